The van der Waals surface area contributed by atoms with E-state index in [4.69, 9.17) is 4.74 Å². The maximum atomic E-state index is 14.8. The van der Waals surface area contributed by atoms with Crippen molar-refractivity contribution in [2.75, 3.05) is 0 Å². The van der Waals surface area contributed by atoms with E-state index in [1.807, 2.05) is 0 Å². The molecular formula is C32H45F5O. The van der Waals surface area contributed by atoms with Crippen LogP contribution in [0.25, 0.3) is 0 Å². The Labute approximate surface area is 225 Å². The van der Waals surface area contributed by atoms with Crippen molar-refractivity contribution in [1.82, 2.24) is 0 Å². The van der Waals surface area contributed by atoms with E-state index in [1.165, 1.54) is 77.0 Å². The molecule has 0 N–H and O–H groups in total. The number of alkyl halides is 2. The lowest BCUT2D eigenvalue weighted by Crippen LogP contribution is -2.38. The van der Waals surface area contributed by atoms with E-state index >= 15 is 0 Å². The van der Waals surface area contributed by atoms with Gasteiger partial charge >= 0.3 is 6.11 Å². The first kappa shape index (κ1) is 28.2. The SMILES string of the molecule is CC1CCC(C2CCC(C3CCC(C4CCC(C(F)(F)Oc5cc(F)c(F)c(F)c5)CC4)CC3)CC2)CC1. The molecule has 6 heteroatoms. The predicted molar refractivity (Wildman–Crippen MR) is 139 cm³/mol. The largest absolute Gasteiger partial charge is 0.432 e. The zero-order chi connectivity index (χ0) is 26.9. The zero-order valence-corrected chi connectivity index (χ0v) is 22.9. The molecule has 1 aromatic rings. The summed E-state index contributed by atoms with van der Waals surface area (Å²) >= 11 is 0. The van der Waals surface area contributed by atoms with Gasteiger partial charge in [-0.3, -0.25) is 0 Å². The average Bonchev–Trinajstić information content (AvgIpc) is 2.92. The van der Waals surface area contributed by atoms with E-state index in [0.29, 0.717) is 36.8 Å². The van der Waals surface area contributed by atoms with E-state index in [9.17, 15) is 22.0 Å². The molecule has 0 unspecified atom stereocenters. The van der Waals surface area contributed by atoms with Crippen LogP contribution in [0.2, 0.25) is 0 Å². The first-order valence-corrected chi connectivity index (χ1v) is 15.4. The van der Waals surface area contributed by atoms with Crippen LogP contribution in [0.3, 0.4) is 0 Å². The molecule has 5 rings (SSSR count). The first-order chi connectivity index (χ1) is 18.2. The van der Waals surface area contributed by atoms with E-state index in [0.717, 1.165) is 42.4 Å². The third kappa shape index (κ3) is 6.52. The Morgan fingerprint density at radius 2 is 0.868 bits per heavy atom. The van der Waals surface area contributed by atoms with Crippen molar-refractivity contribution in [2.45, 2.75) is 116 Å². The van der Waals surface area contributed by atoms with Gasteiger partial charge in [-0.05, 0) is 131 Å². The summed E-state index contributed by atoms with van der Waals surface area (Å²) in [5.41, 5.74) is 0. The monoisotopic (exact) mass is 540 g/mol. The Kier molecular flexibility index (Phi) is 8.94. The van der Waals surface area contributed by atoms with E-state index in [-0.39, 0.29) is 0 Å². The van der Waals surface area contributed by atoms with Gasteiger partial charge in [0.05, 0.1) is 5.92 Å². The fraction of sp³-hybridized carbons (Fsp3) is 0.812. The van der Waals surface area contributed by atoms with E-state index in [2.05, 4.69) is 6.92 Å². The highest BCUT2D eigenvalue weighted by Crippen LogP contribution is 2.49. The van der Waals surface area contributed by atoms with Crippen molar-refractivity contribution in [3.8, 4) is 5.75 Å². The summed E-state index contributed by atoms with van der Waals surface area (Å²) in [6.07, 6.45) is 15.1. The summed E-state index contributed by atoms with van der Waals surface area (Å²) in [6.45, 7) is 2.40. The number of benzene rings is 1. The highest BCUT2D eigenvalue weighted by Gasteiger charge is 2.45. The van der Waals surface area contributed by atoms with Gasteiger partial charge in [0.2, 0.25) is 0 Å². The van der Waals surface area contributed by atoms with Gasteiger partial charge in [0.25, 0.3) is 0 Å². The molecule has 38 heavy (non-hydrogen) atoms. The molecule has 0 radical (unpaired) electrons. The molecule has 214 valence electrons. The van der Waals surface area contributed by atoms with Gasteiger partial charge in [-0.25, -0.2) is 13.2 Å². The summed E-state index contributed by atoms with van der Waals surface area (Å²) in [5.74, 6) is -0.676. The minimum atomic E-state index is -3.53. The van der Waals surface area contributed by atoms with Crippen LogP contribution in [0, 0.1) is 64.8 Å². The summed E-state index contributed by atoms with van der Waals surface area (Å²) in [5, 5.41) is 0. The molecule has 0 aromatic heterocycles. The summed E-state index contributed by atoms with van der Waals surface area (Å²) < 4.78 is 74.3. The lowest BCUT2D eigenvalue weighted by Gasteiger charge is -2.43. The van der Waals surface area contributed by atoms with Crippen molar-refractivity contribution in [3.63, 3.8) is 0 Å². The van der Waals surface area contributed by atoms with Crippen molar-refractivity contribution in [3.05, 3.63) is 29.6 Å². The van der Waals surface area contributed by atoms with Gasteiger partial charge in [0, 0.05) is 12.1 Å². The first-order valence-electron chi connectivity index (χ1n) is 15.4. The lowest BCUT2D eigenvalue weighted by molar-refractivity contribution is -0.224. The van der Waals surface area contributed by atoms with Crippen LogP contribution in [0.1, 0.15) is 110 Å². The fourth-order valence-corrected chi connectivity index (χ4v) is 8.69. The number of ether oxygens (including phenoxy) is 1. The molecular weight excluding hydrogens is 495 g/mol. The van der Waals surface area contributed by atoms with Crippen molar-refractivity contribution >= 4 is 0 Å². The molecule has 0 aliphatic heterocycles. The zero-order valence-electron chi connectivity index (χ0n) is 22.9. The minimum absolute atomic E-state index is 0.341. The molecule has 4 aliphatic carbocycles. The van der Waals surface area contributed by atoms with Gasteiger partial charge in [-0.15, -0.1) is 0 Å². The smallest absolute Gasteiger partial charge is 0.400 e. The standard InChI is InChI=1S/C32H45F5O/c1-20-2-4-21(5-3-20)22-6-8-23(9-7-22)24-10-12-25(13-11-24)26-14-16-27(17-15-26)32(36,37)38-28-18-29(33)31(35)30(34)19-28/h18-27H,2-17H2,1H3. The Morgan fingerprint density at radius 3 is 1.24 bits per heavy atom. The van der Waals surface area contributed by atoms with Crippen LogP contribution in [-0.4, -0.2) is 6.11 Å². The van der Waals surface area contributed by atoms with Gasteiger partial charge in [0.15, 0.2) is 17.5 Å². The van der Waals surface area contributed by atoms with Crippen LogP contribution in [0.5, 0.6) is 5.75 Å². The summed E-state index contributed by atoms with van der Waals surface area (Å²) in [6, 6.07) is 0.971. The molecule has 4 fully saturated rings. The molecule has 0 amide bonds. The molecule has 0 bridgehead atoms. The lowest BCUT2D eigenvalue weighted by atomic mass is 9.63. The third-order valence-electron chi connectivity index (χ3n) is 11.2. The minimum Gasteiger partial charge on any atom is -0.432 e. The molecule has 0 heterocycles. The summed E-state index contributed by atoms with van der Waals surface area (Å²) in [7, 11) is 0. The Morgan fingerprint density at radius 1 is 0.553 bits per heavy atom. The number of rotatable bonds is 6. The summed E-state index contributed by atoms with van der Waals surface area (Å²) in [4.78, 5) is 0. The molecule has 4 aliphatic rings. The molecule has 4 saturated carbocycles. The topological polar surface area (TPSA) is 9.23 Å². The molecule has 0 atom stereocenters. The van der Waals surface area contributed by atoms with Crippen molar-refractivity contribution < 1.29 is 26.7 Å². The van der Waals surface area contributed by atoms with E-state index < -0.39 is 35.2 Å². The number of hydrogen-bond donors (Lipinski definition) is 0. The predicted octanol–water partition coefficient (Wildman–Crippen LogP) is 10.3. The maximum absolute atomic E-state index is 14.8. The van der Waals surface area contributed by atoms with Crippen LogP contribution < -0.4 is 4.74 Å². The van der Waals surface area contributed by atoms with E-state index in [1.54, 1.807) is 0 Å². The molecule has 1 aromatic carbocycles. The number of halogens is 5. The molecule has 0 saturated heterocycles. The molecule has 1 nitrogen and oxygen atoms in total. The quantitative estimate of drug-likeness (QED) is 0.258. The van der Waals surface area contributed by atoms with Crippen molar-refractivity contribution in [2.24, 2.45) is 47.3 Å². The van der Waals surface area contributed by atoms with Crippen LogP contribution in [-0.2, 0) is 0 Å². The Bertz CT molecular complexity index is 879. The van der Waals surface area contributed by atoms with Gasteiger partial charge in [0.1, 0.15) is 5.75 Å². The Balaban J connectivity index is 1.04. The second-order valence-electron chi connectivity index (χ2n) is 13.3. The van der Waals surface area contributed by atoms with Gasteiger partial charge in [-0.2, -0.15) is 8.78 Å². The van der Waals surface area contributed by atoms with Crippen LogP contribution in [0.4, 0.5) is 22.0 Å². The second kappa shape index (κ2) is 12.0. The fourth-order valence-electron chi connectivity index (χ4n) is 8.69. The molecule has 0 spiro atoms. The normalized spacial score (nSPS) is 37.1. The van der Waals surface area contributed by atoms with Crippen LogP contribution >= 0.6 is 0 Å². The van der Waals surface area contributed by atoms with Crippen molar-refractivity contribution in [1.29, 1.82) is 0 Å². The third-order valence-corrected chi connectivity index (χ3v) is 11.2. The average molecular weight is 541 g/mol. The number of hydrogen-bond acceptors (Lipinski definition) is 1. The van der Waals surface area contributed by atoms with Gasteiger partial charge in [-0.1, -0.05) is 19.8 Å². The maximum Gasteiger partial charge on any atom is 0.400 e. The van der Waals surface area contributed by atoms with Gasteiger partial charge < -0.3 is 4.74 Å². The second-order valence-corrected chi connectivity index (χ2v) is 13.3. The van der Waals surface area contributed by atoms with Crippen LogP contribution in [0.15, 0.2) is 12.1 Å². The highest BCUT2D eigenvalue weighted by molar-refractivity contribution is 5.25. The Hall–Kier alpha value is -1.33. The highest BCUT2D eigenvalue weighted by atomic mass is 19.3.